The van der Waals surface area contributed by atoms with Gasteiger partial charge in [-0.25, -0.2) is 4.39 Å². The van der Waals surface area contributed by atoms with Crippen LogP contribution in [0.3, 0.4) is 0 Å². The zero-order chi connectivity index (χ0) is 12.3. The summed E-state index contributed by atoms with van der Waals surface area (Å²) in [6.07, 6.45) is 1.49. The van der Waals surface area contributed by atoms with Gasteiger partial charge in [-0.2, -0.15) is 5.10 Å². The van der Waals surface area contributed by atoms with Crippen LogP contribution < -0.4 is 5.73 Å². The average Bonchev–Trinajstić information content (AvgIpc) is 2.71. The Morgan fingerprint density at radius 3 is 2.88 bits per heavy atom. The number of nitrogens with two attached hydrogens (primary N) is 1. The predicted octanol–water partition coefficient (Wildman–Crippen LogP) is -0.0928. The van der Waals surface area contributed by atoms with E-state index in [4.69, 9.17) is 10.5 Å². The number of alkyl halides is 1. The van der Waals surface area contributed by atoms with Crippen molar-refractivity contribution >= 4 is 11.7 Å². The normalized spacial score (nSPS) is 16.2. The Bertz CT molecular complexity index is 401. The minimum Gasteiger partial charge on any atom is -0.382 e. The molecule has 94 valence electrons. The number of hydrogen-bond donors (Lipinski definition) is 1. The maximum absolute atomic E-state index is 12.2. The number of aryl methyl sites for hydroxylation is 1. The standard InChI is InChI=1S/C10H15FN4O2/c11-1-2-15-7-8(9(12)13-15)10(16)14-3-5-17-6-4-14/h7H,1-6H2,(H2,12,13). The number of ether oxygens (including phenoxy) is 1. The summed E-state index contributed by atoms with van der Waals surface area (Å²) in [6, 6.07) is 0. The summed E-state index contributed by atoms with van der Waals surface area (Å²) in [4.78, 5) is 13.7. The highest BCUT2D eigenvalue weighted by Crippen LogP contribution is 2.13. The fraction of sp³-hybridized carbons (Fsp3) is 0.600. The van der Waals surface area contributed by atoms with Gasteiger partial charge in [0.05, 0.1) is 19.8 Å². The van der Waals surface area contributed by atoms with Crippen molar-refractivity contribution in [2.75, 3.05) is 38.7 Å². The molecule has 0 aromatic carbocycles. The zero-order valence-corrected chi connectivity index (χ0v) is 9.43. The van der Waals surface area contributed by atoms with Crippen LogP contribution in [0.2, 0.25) is 0 Å². The van der Waals surface area contributed by atoms with Crippen LogP contribution in [0.5, 0.6) is 0 Å². The molecule has 0 atom stereocenters. The summed E-state index contributed by atoms with van der Waals surface area (Å²) in [5.74, 6) is -0.0224. The molecule has 1 saturated heterocycles. The molecule has 17 heavy (non-hydrogen) atoms. The number of nitrogens with zero attached hydrogens (tertiary/aromatic N) is 3. The molecule has 1 aromatic rings. The number of hydrogen-bond acceptors (Lipinski definition) is 4. The maximum atomic E-state index is 12.2. The van der Waals surface area contributed by atoms with Gasteiger partial charge in [0.15, 0.2) is 5.82 Å². The fourth-order valence-electron chi connectivity index (χ4n) is 1.74. The van der Waals surface area contributed by atoms with Crippen molar-refractivity contribution in [3.8, 4) is 0 Å². The number of carbonyl (C=O) groups excluding carboxylic acids is 1. The van der Waals surface area contributed by atoms with Crippen molar-refractivity contribution in [2.24, 2.45) is 0 Å². The second kappa shape index (κ2) is 5.13. The Morgan fingerprint density at radius 2 is 2.24 bits per heavy atom. The lowest BCUT2D eigenvalue weighted by atomic mass is 10.2. The highest BCUT2D eigenvalue weighted by molar-refractivity contribution is 5.98. The quantitative estimate of drug-likeness (QED) is 0.803. The Kier molecular flexibility index (Phi) is 3.58. The van der Waals surface area contributed by atoms with Gasteiger partial charge in [-0.15, -0.1) is 0 Å². The van der Waals surface area contributed by atoms with E-state index in [1.807, 2.05) is 0 Å². The van der Waals surface area contributed by atoms with E-state index in [1.54, 1.807) is 4.90 Å². The van der Waals surface area contributed by atoms with Crippen LogP contribution >= 0.6 is 0 Å². The summed E-state index contributed by atoms with van der Waals surface area (Å²) in [7, 11) is 0. The van der Waals surface area contributed by atoms with E-state index in [0.29, 0.717) is 31.9 Å². The largest absolute Gasteiger partial charge is 0.382 e. The first kappa shape index (κ1) is 11.8. The summed E-state index contributed by atoms with van der Waals surface area (Å²) >= 11 is 0. The highest BCUT2D eigenvalue weighted by atomic mass is 19.1. The molecular formula is C10H15FN4O2. The van der Waals surface area contributed by atoms with Gasteiger partial charge in [0, 0.05) is 19.3 Å². The van der Waals surface area contributed by atoms with Gasteiger partial charge in [-0.3, -0.25) is 9.48 Å². The first-order chi connectivity index (χ1) is 8.22. The van der Waals surface area contributed by atoms with Crippen molar-refractivity contribution in [1.29, 1.82) is 0 Å². The van der Waals surface area contributed by atoms with E-state index in [-0.39, 0.29) is 18.3 Å². The molecular weight excluding hydrogens is 227 g/mol. The third-order valence-corrected chi connectivity index (χ3v) is 2.63. The lowest BCUT2D eigenvalue weighted by molar-refractivity contribution is 0.0303. The second-order valence-electron chi connectivity index (χ2n) is 3.78. The van der Waals surface area contributed by atoms with Crippen LogP contribution in [-0.4, -0.2) is 53.6 Å². The third kappa shape index (κ3) is 2.55. The molecule has 6 nitrogen and oxygen atoms in total. The van der Waals surface area contributed by atoms with Gasteiger partial charge in [-0.05, 0) is 0 Å². The Labute approximate surface area is 98.1 Å². The Hall–Kier alpha value is -1.63. The van der Waals surface area contributed by atoms with E-state index < -0.39 is 6.67 Å². The highest BCUT2D eigenvalue weighted by Gasteiger charge is 2.22. The lowest BCUT2D eigenvalue weighted by Gasteiger charge is -2.26. The fourth-order valence-corrected chi connectivity index (χ4v) is 1.74. The molecule has 0 unspecified atom stereocenters. The summed E-state index contributed by atoms with van der Waals surface area (Å²) in [6.45, 7) is 1.74. The van der Waals surface area contributed by atoms with Gasteiger partial charge in [0.1, 0.15) is 12.2 Å². The lowest BCUT2D eigenvalue weighted by Crippen LogP contribution is -2.40. The van der Waals surface area contributed by atoms with Crippen LogP contribution in [-0.2, 0) is 11.3 Å². The topological polar surface area (TPSA) is 73.4 Å². The molecule has 1 aromatic heterocycles. The van der Waals surface area contributed by atoms with E-state index in [0.717, 1.165) is 0 Å². The number of nitrogen functional groups attached to an aromatic ring is 1. The summed E-state index contributed by atoms with van der Waals surface area (Å²) in [5.41, 5.74) is 5.98. The van der Waals surface area contributed by atoms with E-state index in [9.17, 15) is 9.18 Å². The first-order valence-corrected chi connectivity index (χ1v) is 5.48. The van der Waals surface area contributed by atoms with Crippen LogP contribution in [0, 0.1) is 0 Å². The van der Waals surface area contributed by atoms with Crippen molar-refractivity contribution in [1.82, 2.24) is 14.7 Å². The molecule has 1 aliphatic rings. The van der Waals surface area contributed by atoms with Crippen LogP contribution in [0.4, 0.5) is 10.2 Å². The van der Waals surface area contributed by atoms with E-state index in [1.165, 1.54) is 10.9 Å². The van der Waals surface area contributed by atoms with Gasteiger partial charge in [-0.1, -0.05) is 0 Å². The molecule has 1 amide bonds. The number of amides is 1. The van der Waals surface area contributed by atoms with Crippen LogP contribution in [0.1, 0.15) is 10.4 Å². The summed E-state index contributed by atoms with van der Waals surface area (Å²) < 4.78 is 18.7. The van der Waals surface area contributed by atoms with Crippen LogP contribution in [0.25, 0.3) is 0 Å². The van der Waals surface area contributed by atoms with Crippen molar-refractivity contribution < 1.29 is 13.9 Å². The van der Waals surface area contributed by atoms with Gasteiger partial charge >= 0.3 is 0 Å². The maximum Gasteiger partial charge on any atom is 0.259 e. The molecule has 0 saturated carbocycles. The summed E-state index contributed by atoms with van der Waals surface area (Å²) in [5, 5.41) is 3.89. The molecule has 1 aliphatic heterocycles. The second-order valence-corrected chi connectivity index (χ2v) is 3.78. The minimum atomic E-state index is -0.535. The van der Waals surface area contributed by atoms with Crippen molar-refractivity contribution in [3.63, 3.8) is 0 Å². The molecule has 0 radical (unpaired) electrons. The zero-order valence-electron chi connectivity index (χ0n) is 9.43. The minimum absolute atomic E-state index is 0.112. The number of halogens is 1. The first-order valence-electron chi connectivity index (χ1n) is 5.48. The molecule has 7 heteroatoms. The van der Waals surface area contributed by atoms with Crippen molar-refractivity contribution in [3.05, 3.63) is 11.8 Å². The van der Waals surface area contributed by atoms with Crippen molar-refractivity contribution in [2.45, 2.75) is 6.54 Å². The number of rotatable bonds is 3. The van der Waals surface area contributed by atoms with E-state index >= 15 is 0 Å². The Balaban J connectivity index is 2.12. The number of morpholine rings is 1. The predicted molar refractivity (Wildman–Crippen MR) is 59.3 cm³/mol. The molecule has 1 fully saturated rings. The monoisotopic (exact) mass is 242 g/mol. The third-order valence-electron chi connectivity index (χ3n) is 2.63. The number of aromatic nitrogens is 2. The smallest absolute Gasteiger partial charge is 0.259 e. The molecule has 0 spiro atoms. The molecule has 2 N–H and O–H groups in total. The van der Waals surface area contributed by atoms with Gasteiger partial charge in [0.25, 0.3) is 5.91 Å². The SMILES string of the molecule is Nc1nn(CCF)cc1C(=O)N1CCOCC1. The molecule has 2 heterocycles. The number of carbonyl (C=O) groups is 1. The van der Waals surface area contributed by atoms with E-state index in [2.05, 4.69) is 5.10 Å². The van der Waals surface area contributed by atoms with Gasteiger partial charge in [0.2, 0.25) is 0 Å². The molecule has 0 aliphatic carbocycles. The average molecular weight is 242 g/mol. The molecule has 0 bridgehead atoms. The molecule has 2 rings (SSSR count). The Morgan fingerprint density at radius 1 is 1.53 bits per heavy atom. The van der Waals surface area contributed by atoms with Crippen LogP contribution in [0.15, 0.2) is 6.20 Å². The van der Waals surface area contributed by atoms with Gasteiger partial charge < -0.3 is 15.4 Å². The number of anilines is 1.